The summed E-state index contributed by atoms with van der Waals surface area (Å²) in [6.45, 7) is 4.03. The van der Waals surface area contributed by atoms with E-state index in [9.17, 15) is 19.2 Å². The second kappa shape index (κ2) is 10.4. The number of fused-ring (bicyclic) bond motifs is 1. The number of hydrogen-bond donors (Lipinski definition) is 0. The Balaban J connectivity index is 1.45. The molecule has 3 amide bonds. The minimum absolute atomic E-state index is 0.0860. The molecule has 38 heavy (non-hydrogen) atoms. The Hall–Kier alpha value is -4.66. The molecular weight excluding hydrogens is 488 g/mol. The zero-order valence-electron chi connectivity index (χ0n) is 21.0. The number of amides is 3. The summed E-state index contributed by atoms with van der Waals surface area (Å²) >= 11 is 0. The Labute approximate surface area is 219 Å². The number of aryl methyl sites for hydroxylation is 1. The maximum absolute atomic E-state index is 13.7. The van der Waals surface area contributed by atoms with E-state index in [0.29, 0.717) is 28.3 Å². The molecular formula is C29H26N2O7. The molecule has 0 spiro atoms. The van der Waals surface area contributed by atoms with Crippen molar-refractivity contribution in [2.75, 3.05) is 18.3 Å². The SMILES string of the molecule is CCOC(=O)c1ccc(N2C(=O)CC(N(Cc3ccc4c(c3)OCO4)C(=O)c3cccc(C)c3)C2=O)cc1. The van der Waals surface area contributed by atoms with Gasteiger partial charge in [-0.05, 0) is 67.9 Å². The largest absolute Gasteiger partial charge is 0.462 e. The Kier molecular flexibility index (Phi) is 6.83. The molecule has 1 unspecified atom stereocenters. The Morgan fingerprint density at radius 2 is 1.74 bits per heavy atom. The van der Waals surface area contributed by atoms with Gasteiger partial charge in [0.1, 0.15) is 6.04 Å². The van der Waals surface area contributed by atoms with E-state index in [1.807, 2.05) is 13.0 Å². The van der Waals surface area contributed by atoms with Gasteiger partial charge in [-0.15, -0.1) is 0 Å². The van der Waals surface area contributed by atoms with Gasteiger partial charge in [0.05, 0.1) is 24.3 Å². The van der Waals surface area contributed by atoms with Crippen LogP contribution in [0, 0.1) is 6.92 Å². The van der Waals surface area contributed by atoms with Crippen LogP contribution in [0.4, 0.5) is 5.69 Å². The van der Waals surface area contributed by atoms with Crippen LogP contribution in [0.25, 0.3) is 0 Å². The molecule has 5 rings (SSSR count). The molecule has 3 aromatic carbocycles. The van der Waals surface area contributed by atoms with Crippen molar-refractivity contribution in [1.82, 2.24) is 4.90 Å². The Bertz CT molecular complexity index is 1420. The van der Waals surface area contributed by atoms with Gasteiger partial charge in [0.15, 0.2) is 11.5 Å². The Morgan fingerprint density at radius 3 is 2.47 bits per heavy atom. The number of benzene rings is 3. The highest BCUT2D eigenvalue weighted by Crippen LogP contribution is 2.34. The summed E-state index contributed by atoms with van der Waals surface area (Å²) in [6, 6.07) is 17.5. The van der Waals surface area contributed by atoms with E-state index in [0.717, 1.165) is 16.0 Å². The van der Waals surface area contributed by atoms with Crippen LogP contribution >= 0.6 is 0 Å². The normalized spacial score (nSPS) is 16.1. The summed E-state index contributed by atoms with van der Waals surface area (Å²) in [6.07, 6.45) is -0.166. The van der Waals surface area contributed by atoms with Gasteiger partial charge in [-0.3, -0.25) is 14.4 Å². The molecule has 0 bridgehead atoms. The molecule has 0 radical (unpaired) electrons. The van der Waals surface area contributed by atoms with E-state index >= 15 is 0 Å². The molecule has 1 atom stereocenters. The molecule has 0 aliphatic carbocycles. The third-order valence-corrected chi connectivity index (χ3v) is 6.45. The van der Waals surface area contributed by atoms with Crippen LogP contribution in [-0.2, 0) is 20.9 Å². The van der Waals surface area contributed by atoms with Gasteiger partial charge in [0, 0.05) is 12.1 Å². The van der Waals surface area contributed by atoms with Crippen molar-refractivity contribution in [1.29, 1.82) is 0 Å². The van der Waals surface area contributed by atoms with Crippen LogP contribution in [0.5, 0.6) is 11.5 Å². The summed E-state index contributed by atoms with van der Waals surface area (Å²) < 4.78 is 15.9. The molecule has 0 aromatic heterocycles. The lowest BCUT2D eigenvalue weighted by atomic mass is 10.1. The molecule has 2 aliphatic rings. The van der Waals surface area contributed by atoms with Crippen molar-refractivity contribution in [2.24, 2.45) is 0 Å². The first-order valence-corrected chi connectivity index (χ1v) is 12.3. The highest BCUT2D eigenvalue weighted by Gasteiger charge is 2.44. The van der Waals surface area contributed by atoms with Crippen molar-refractivity contribution in [2.45, 2.75) is 32.9 Å². The maximum Gasteiger partial charge on any atom is 0.338 e. The fourth-order valence-electron chi connectivity index (χ4n) is 4.60. The number of anilines is 1. The van der Waals surface area contributed by atoms with E-state index < -0.39 is 23.8 Å². The zero-order valence-corrected chi connectivity index (χ0v) is 21.0. The van der Waals surface area contributed by atoms with Crippen molar-refractivity contribution < 1.29 is 33.4 Å². The topological polar surface area (TPSA) is 102 Å². The lowest BCUT2D eigenvalue weighted by Crippen LogP contribution is -2.45. The molecule has 9 nitrogen and oxygen atoms in total. The highest BCUT2D eigenvalue weighted by atomic mass is 16.7. The molecule has 9 heteroatoms. The average molecular weight is 515 g/mol. The lowest BCUT2D eigenvalue weighted by molar-refractivity contribution is -0.122. The number of imide groups is 1. The smallest absolute Gasteiger partial charge is 0.338 e. The molecule has 1 fully saturated rings. The first kappa shape index (κ1) is 25.0. The van der Waals surface area contributed by atoms with Gasteiger partial charge in [0.25, 0.3) is 11.8 Å². The van der Waals surface area contributed by atoms with E-state index in [1.165, 1.54) is 29.2 Å². The van der Waals surface area contributed by atoms with Crippen molar-refractivity contribution in [3.63, 3.8) is 0 Å². The molecule has 194 valence electrons. The Morgan fingerprint density at radius 1 is 0.974 bits per heavy atom. The van der Waals surface area contributed by atoms with Gasteiger partial charge < -0.3 is 19.1 Å². The van der Waals surface area contributed by atoms with Crippen LogP contribution in [0.1, 0.15) is 45.2 Å². The molecule has 2 aliphatic heterocycles. The standard InChI is InChI=1S/C29H26N2O7/c1-3-36-29(35)20-8-10-22(11-9-20)31-26(32)15-23(28(31)34)30(27(33)21-6-4-5-18(2)13-21)16-19-7-12-24-25(14-19)38-17-37-24/h4-14,23H,3,15-17H2,1-2H3. The third-order valence-electron chi connectivity index (χ3n) is 6.45. The highest BCUT2D eigenvalue weighted by molar-refractivity contribution is 6.23. The van der Waals surface area contributed by atoms with Crippen LogP contribution < -0.4 is 14.4 Å². The van der Waals surface area contributed by atoms with Crippen molar-refractivity contribution in [3.8, 4) is 11.5 Å². The summed E-state index contributed by atoms with van der Waals surface area (Å²) in [5, 5.41) is 0. The second-order valence-corrected chi connectivity index (χ2v) is 9.04. The first-order valence-electron chi connectivity index (χ1n) is 12.3. The van der Waals surface area contributed by atoms with E-state index in [4.69, 9.17) is 14.2 Å². The fraction of sp³-hybridized carbons (Fsp3) is 0.241. The van der Waals surface area contributed by atoms with Crippen LogP contribution in [-0.4, -0.2) is 48.0 Å². The number of esters is 1. The second-order valence-electron chi connectivity index (χ2n) is 9.04. The summed E-state index contributed by atoms with van der Waals surface area (Å²) in [4.78, 5) is 54.9. The lowest BCUT2D eigenvalue weighted by Gasteiger charge is -2.28. The van der Waals surface area contributed by atoms with E-state index in [-0.39, 0.29) is 32.3 Å². The summed E-state index contributed by atoms with van der Waals surface area (Å²) in [7, 11) is 0. The monoisotopic (exact) mass is 514 g/mol. The molecule has 2 heterocycles. The molecule has 0 N–H and O–H groups in total. The number of carbonyl (C=O) groups excluding carboxylic acids is 4. The fourth-order valence-corrected chi connectivity index (χ4v) is 4.60. The first-order chi connectivity index (χ1) is 18.4. The number of carbonyl (C=O) groups is 4. The number of nitrogens with zero attached hydrogens (tertiary/aromatic N) is 2. The predicted octanol–water partition coefficient (Wildman–Crippen LogP) is 3.87. The zero-order chi connectivity index (χ0) is 26.8. The van der Waals surface area contributed by atoms with Crippen LogP contribution in [0.3, 0.4) is 0 Å². The van der Waals surface area contributed by atoms with Crippen molar-refractivity contribution in [3.05, 3.63) is 89.0 Å². The average Bonchev–Trinajstić information content (AvgIpc) is 3.50. The minimum Gasteiger partial charge on any atom is -0.462 e. The van der Waals surface area contributed by atoms with Gasteiger partial charge in [-0.1, -0.05) is 23.8 Å². The van der Waals surface area contributed by atoms with E-state index in [2.05, 4.69) is 0 Å². The number of hydrogen-bond acceptors (Lipinski definition) is 7. The summed E-state index contributed by atoms with van der Waals surface area (Å²) in [5.41, 5.74) is 2.68. The van der Waals surface area contributed by atoms with Crippen LogP contribution in [0.2, 0.25) is 0 Å². The summed E-state index contributed by atoms with van der Waals surface area (Å²) in [5.74, 6) is -0.638. The predicted molar refractivity (Wildman–Crippen MR) is 137 cm³/mol. The molecule has 1 saturated heterocycles. The van der Waals surface area contributed by atoms with Gasteiger partial charge >= 0.3 is 5.97 Å². The van der Waals surface area contributed by atoms with Gasteiger partial charge in [-0.25, -0.2) is 9.69 Å². The third kappa shape index (κ3) is 4.82. The van der Waals surface area contributed by atoms with E-state index in [1.54, 1.807) is 43.3 Å². The van der Waals surface area contributed by atoms with Gasteiger partial charge in [0.2, 0.25) is 12.7 Å². The van der Waals surface area contributed by atoms with Crippen molar-refractivity contribution >= 4 is 29.4 Å². The maximum atomic E-state index is 13.7. The van der Waals surface area contributed by atoms with Crippen LogP contribution in [0.15, 0.2) is 66.7 Å². The van der Waals surface area contributed by atoms with Gasteiger partial charge in [-0.2, -0.15) is 0 Å². The number of rotatable bonds is 7. The molecule has 0 saturated carbocycles. The minimum atomic E-state index is -1.01. The quantitative estimate of drug-likeness (QED) is 0.348. The number of ether oxygens (including phenoxy) is 3. The molecule has 3 aromatic rings.